The van der Waals surface area contributed by atoms with E-state index in [4.69, 9.17) is 0 Å². The molecule has 0 spiro atoms. The van der Waals surface area contributed by atoms with Crippen LogP contribution in [-0.4, -0.2) is 5.78 Å². The van der Waals surface area contributed by atoms with E-state index in [2.05, 4.69) is 0 Å². The molecule has 0 fully saturated rings. The molecular formula is C15H13FO. The Morgan fingerprint density at radius 1 is 1.06 bits per heavy atom. The number of hydrogen-bond acceptors (Lipinski definition) is 1. The van der Waals surface area contributed by atoms with E-state index in [0.717, 1.165) is 11.1 Å². The Labute approximate surface area is 99.9 Å². The fourth-order valence-corrected chi connectivity index (χ4v) is 1.74. The van der Waals surface area contributed by atoms with Gasteiger partial charge in [-0.15, -0.1) is 0 Å². The molecule has 17 heavy (non-hydrogen) atoms. The molecule has 1 nitrogen and oxygen atoms in total. The van der Waals surface area contributed by atoms with Crippen LogP contribution in [-0.2, 0) is 0 Å². The van der Waals surface area contributed by atoms with Gasteiger partial charge in [-0.1, -0.05) is 37.3 Å². The van der Waals surface area contributed by atoms with E-state index in [1.807, 2.05) is 25.1 Å². The van der Waals surface area contributed by atoms with Gasteiger partial charge in [0, 0.05) is 12.0 Å². The average molecular weight is 228 g/mol. The van der Waals surface area contributed by atoms with Gasteiger partial charge in [0.2, 0.25) is 0 Å². The number of hydrogen-bond donors (Lipinski definition) is 0. The first-order chi connectivity index (χ1) is 8.20. The van der Waals surface area contributed by atoms with Crippen LogP contribution in [0.25, 0.3) is 11.1 Å². The third-order valence-corrected chi connectivity index (χ3v) is 2.66. The molecule has 0 aliphatic rings. The molecule has 0 aromatic heterocycles. The molecule has 0 amide bonds. The minimum absolute atomic E-state index is 0.100. The van der Waals surface area contributed by atoms with Crippen molar-refractivity contribution in [2.75, 3.05) is 0 Å². The first kappa shape index (κ1) is 11.5. The predicted molar refractivity (Wildman–Crippen MR) is 66.5 cm³/mol. The van der Waals surface area contributed by atoms with Gasteiger partial charge in [-0.05, 0) is 29.3 Å². The maximum Gasteiger partial charge on any atom is 0.162 e. The lowest BCUT2D eigenvalue weighted by molar-refractivity contribution is 0.0988. The van der Waals surface area contributed by atoms with Crippen LogP contribution in [0, 0.1) is 5.82 Å². The van der Waals surface area contributed by atoms with E-state index in [9.17, 15) is 9.18 Å². The van der Waals surface area contributed by atoms with Gasteiger partial charge < -0.3 is 0 Å². The second-order valence-corrected chi connectivity index (χ2v) is 3.87. The molecule has 0 aliphatic carbocycles. The summed E-state index contributed by atoms with van der Waals surface area (Å²) in [6.07, 6.45) is 0.479. The minimum atomic E-state index is -0.269. The van der Waals surface area contributed by atoms with Gasteiger partial charge in [0.25, 0.3) is 0 Å². The molecule has 0 bridgehead atoms. The maximum atomic E-state index is 13.1. The molecule has 0 unspecified atom stereocenters. The third-order valence-electron chi connectivity index (χ3n) is 2.66. The molecule has 2 aromatic carbocycles. The van der Waals surface area contributed by atoms with Gasteiger partial charge in [0.1, 0.15) is 5.82 Å². The van der Waals surface area contributed by atoms with Crippen molar-refractivity contribution >= 4 is 5.78 Å². The molecule has 86 valence electrons. The number of Topliss-reactive ketones (excluding diaryl/α,β-unsaturated/α-hetero) is 1. The fraction of sp³-hybridized carbons (Fsp3) is 0.133. The van der Waals surface area contributed by atoms with Crippen molar-refractivity contribution in [2.45, 2.75) is 13.3 Å². The number of carbonyl (C=O) groups is 1. The van der Waals surface area contributed by atoms with E-state index < -0.39 is 0 Å². The summed E-state index contributed by atoms with van der Waals surface area (Å²) in [4.78, 5) is 11.6. The molecule has 2 heteroatoms. The molecule has 0 aliphatic heterocycles. The van der Waals surface area contributed by atoms with Crippen molar-refractivity contribution in [3.63, 3.8) is 0 Å². The first-order valence-electron chi connectivity index (χ1n) is 5.60. The van der Waals surface area contributed by atoms with Crippen molar-refractivity contribution in [2.24, 2.45) is 0 Å². The lowest BCUT2D eigenvalue weighted by Crippen LogP contribution is -1.96. The van der Waals surface area contributed by atoms with Crippen molar-refractivity contribution in [3.05, 3.63) is 59.9 Å². The lowest BCUT2D eigenvalue weighted by Gasteiger charge is -2.04. The molecule has 0 saturated carbocycles. The molecule has 0 heterocycles. The van der Waals surface area contributed by atoms with E-state index >= 15 is 0 Å². The van der Waals surface area contributed by atoms with Gasteiger partial charge in [-0.3, -0.25) is 4.79 Å². The Kier molecular flexibility index (Phi) is 3.33. The predicted octanol–water partition coefficient (Wildman–Crippen LogP) is 4.09. The topological polar surface area (TPSA) is 17.1 Å². The summed E-state index contributed by atoms with van der Waals surface area (Å²) in [7, 11) is 0. The van der Waals surface area contributed by atoms with Crippen LogP contribution in [0.15, 0.2) is 48.5 Å². The zero-order valence-electron chi connectivity index (χ0n) is 9.61. The molecular weight excluding hydrogens is 215 g/mol. The molecule has 2 aromatic rings. The number of ketones is 1. The Morgan fingerprint density at radius 2 is 1.71 bits per heavy atom. The minimum Gasteiger partial charge on any atom is -0.294 e. The molecule has 0 N–H and O–H groups in total. The van der Waals surface area contributed by atoms with Gasteiger partial charge in [-0.2, -0.15) is 0 Å². The Bertz CT molecular complexity index is 546. The quantitative estimate of drug-likeness (QED) is 0.723. The van der Waals surface area contributed by atoms with E-state index in [1.54, 1.807) is 18.2 Å². The number of halogens is 1. The normalized spacial score (nSPS) is 10.2. The van der Waals surface area contributed by atoms with Crippen LogP contribution in [0.4, 0.5) is 4.39 Å². The molecule has 2 rings (SSSR count). The third kappa shape index (κ3) is 2.59. The summed E-state index contributed by atoms with van der Waals surface area (Å²) in [6.45, 7) is 1.83. The number of benzene rings is 2. The van der Waals surface area contributed by atoms with E-state index in [0.29, 0.717) is 12.0 Å². The van der Waals surface area contributed by atoms with E-state index in [1.165, 1.54) is 12.1 Å². The van der Waals surface area contributed by atoms with Crippen molar-refractivity contribution in [1.29, 1.82) is 0 Å². The number of rotatable bonds is 3. The van der Waals surface area contributed by atoms with Crippen LogP contribution < -0.4 is 0 Å². The first-order valence-corrected chi connectivity index (χ1v) is 5.60. The second kappa shape index (κ2) is 4.91. The van der Waals surface area contributed by atoms with Gasteiger partial charge >= 0.3 is 0 Å². The highest BCUT2D eigenvalue weighted by molar-refractivity contribution is 5.96. The summed E-state index contributed by atoms with van der Waals surface area (Å²) in [5.74, 6) is -0.169. The average Bonchev–Trinajstić information content (AvgIpc) is 2.38. The standard InChI is InChI=1S/C15H13FO/c1-2-15(17)13-7-3-5-11(9-13)12-6-4-8-14(16)10-12/h3-10H,2H2,1H3. The highest BCUT2D eigenvalue weighted by Gasteiger charge is 2.05. The molecule has 0 radical (unpaired) electrons. The molecule has 0 atom stereocenters. The van der Waals surface area contributed by atoms with Gasteiger partial charge in [0.05, 0.1) is 0 Å². The lowest BCUT2D eigenvalue weighted by atomic mass is 10.0. The highest BCUT2D eigenvalue weighted by atomic mass is 19.1. The molecule has 0 saturated heterocycles. The number of carbonyl (C=O) groups excluding carboxylic acids is 1. The van der Waals surface area contributed by atoms with Crippen LogP contribution >= 0.6 is 0 Å². The van der Waals surface area contributed by atoms with Crippen LogP contribution in [0.3, 0.4) is 0 Å². The maximum absolute atomic E-state index is 13.1. The summed E-state index contributed by atoms with van der Waals surface area (Å²) >= 11 is 0. The van der Waals surface area contributed by atoms with Crippen LogP contribution in [0.5, 0.6) is 0 Å². The van der Waals surface area contributed by atoms with Crippen molar-refractivity contribution in [3.8, 4) is 11.1 Å². The fourth-order valence-electron chi connectivity index (χ4n) is 1.74. The van der Waals surface area contributed by atoms with Crippen LogP contribution in [0.2, 0.25) is 0 Å². The van der Waals surface area contributed by atoms with Crippen molar-refractivity contribution < 1.29 is 9.18 Å². The zero-order chi connectivity index (χ0) is 12.3. The Hall–Kier alpha value is -1.96. The zero-order valence-corrected chi connectivity index (χ0v) is 9.61. The monoisotopic (exact) mass is 228 g/mol. The smallest absolute Gasteiger partial charge is 0.162 e. The van der Waals surface area contributed by atoms with E-state index in [-0.39, 0.29) is 11.6 Å². The highest BCUT2D eigenvalue weighted by Crippen LogP contribution is 2.21. The largest absolute Gasteiger partial charge is 0.294 e. The summed E-state index contributed by atoms with van der Waals surface area (Å²) in [5, 5.41) is 0. The Balaban J connectivity index is 2.43. The SMILES string of the molecule is CCC(=O)c1cccc(-c2cccc(F)c2)c1. The Morgan fingerprint density at radius 3 is 2.35 bits per heavy atom. The summed E-state index contributed by atoms with van der Waals surface area (Å²) in [6, 6.07) is 13.7. The van der Waals surface area contributed by atoms with Crippen molar-refractivity contribution in [1.82, 2.24) is 0 Å². The summed E-state index contributed by atoms with van der Waals surface area (Å²) in [5.41, 5.74) is 2.33. The van der Waals surface area contributed by atoms with Gasteiger partial charge in [0.15, 0.2) is 5.78 Å². The second-order valence-electron chi connectivity index (χ2n) is 3.87. The summed E-state index contributed by atoms with van der Waals surface area (Å²) < 4.78 is 13.1. The van der Waals surface area contributed by atoms with Gasteiger partial charge in [-0.25, -0.2) is 4.39 Å². The van der Waals surface area contributed by atoms with Crippen LogP contribution in [0.1, 0.15) is 23.7 Å².